The summed E-state index contributed by atoms with van der Waals surface area (Å²) < 4.78 is 0. The van der Waals surface area contributed by atoms with E-state index in [-0.39, 0.29) is 38.3 Å². The molecule has 2 fully saturated rings. The molecule has 4 rings (SSSR count). The highest BCUT2D eigenvalue weighted by atomic mass is 35.5. The summed E-state index contributed by atoms with van der Waals surface area (Å²) in [5, 5.41) is 23.2. The minimum atomic E-state index is -1.30. The lowest BCUT2D eigenvalue weighted by Crippen LogP contribution is -2.59. The van der Waals surface area contributed by atoms with Gasteiger partial charge in [-0.1, -0.05) is 63.0 Å². The van der Waals surface area contributed by atoms with Crippen LogP contribution in [-0.4, -0.2) is 87.0 Å². The van der Waals surface area contributed by atoms with E-state index in [9.17, 15) is 29.1 Å². The van der Waals surface area contributed by atoms with Crippen LogP contribution in [0.5, 0.6) is 0 Å². The SMILES string of the molecule is CCC[C@H](NC(=O)[C@@H]1C[C@]2(CC(c3cccc(Cl)c3)=NO2)CN1C(=O)[C@@H](NC(=O)CC(C)(C)O)C(C)(C)C)C(=O)C(=O)NC1CC1. The Bertz CT molecular complexity index is 1400. The molecule has 46 heavy (non-hydrogen) atoms. The zero-order valence-corrected chi connectivity index (χ0v) is 28.2. The van der Waals surface area contributed by atoms with Crippen LogP contribution < -0.4 is 16.0 Å². The molecule has 12 nitrogen and oxygen atoms in total. The van der Waals surface area contributed by atoms with Crippen LogP contribution in [0.3, 0.4) is 0 Å². The molecule has 1 aliphatic carbocycles. The van der Waals surface area contributed by atoms with E-state index in [0.29, 0.717) is 17.2 Å². The molecule has 1 spiro atoms. The highest BCUT2D eigenvalue weighted by molar-refractivity contribution is 6.38. The monoisotopic (exact) mass is 659 g/mol. The Morgan fingerprint density at radius 1 is 1.13 bits per heavy atom. The lowest BCUT2D eigenvalue weighted by Gasteiger charge is -2.36. The number of oxime groups is 1. The molecule has 3 aliphatic rings. The van der Waals surface area contributed by atoms with Gasteiger partial charge < -0.3 is 30.8 Å². The van der Waals surface area contributed by atoms with Crippen LogP contribution >= 0.6 is 11.6 Å². The average Bonchev–Trinajstić information content (AvgIpc) is 3.54. The van der Waals surface area contributed by atoms with Gasteiger partial charge in [-0.05, 0) is 50.7 Å². The molecule has 0 bridgehead atoms. The Morgan fingerprint density at radius 2 is 1.83 bits per heavy atom. The Hall–Kier alpha value is -3.51. The van der Waals surface area contributed by atoms with Gasteiger partial charge in [0, 0.05) is 29.5 Å². The zero-order chi connectivity index (χ0) is 34.0. The van der Waals surface area contributed by atoms with Crippen molar-refractivity contribution in [3.63, 3.8) is 0 Å². The van der Waals surface area contributed by atoms with Crippen LogP contribution in [0.15, 0.2) is 29.4 Å². The number of nitrogens with zero attached hydrogens (tertiary/aromatic N) is 2. The number of amides is 4. The Kier molecular flexibility index (Phi) is 10.5. The van der Waals surface area contributed by atoms with Crippen molar-refractivity contribution in [3.05, 3.63) is 34.9 Å². The van der Waals surface area contributed by atoms with Gasteiger partial charge in [0.05, 0.1) is 30.3 Å². The maximum Gasteiger partial charge on any atom is 0.289 e. The van der Waals surface area contributed by atoms with Gasteiger partial charge in [-0.15, -0.1) is 0 Å². The van der Waals surface area contributed by atoms with E-state index >= 15 is 0 Å². The molecule has 4 atom stereocenters. The number of hydrogen-bond donors (Lipinski definition) is 4. The fraction of sp³-hybridized carbons (Fsp3) is 0.636. The van der Waals surface area contributed by atoms with Crippen molar-refractivity contribution in [2.45, 2.75) is 122 Å². The molecule has 1 aromatic rings. The first-order valence-corrected chi connectivity index (χ1v) is 16.3. The number of aliphatic hydroxyl groups is 1. The molecular formula is C33H46ClN5O7. The van der Waals surface area contributed by atoms with E-state index in [1.165, 1.54) is 18.7 Å². The predicted octanol–water partition coefficient (Wildman–Crippen LogP) is 2.63. The summed E-state index contributed by atoms with van der Waals surface area (Å²) in [7, 11) is 0. The van der Waals surface area contributed by atoms with Crippen molar-refractivity contribution >= 4 is 46.7 Å². The van der Waals surface area contributed by atoms with E-state index in [0.717, 1.165) is 18.4 Å². The lowest BCUT2D eigenvalue weighted by molar-refractivity contribution is -0.145. The van der Waals surface area contributed by atoms with Crippen molar-refractivity contribution in [2.24, 2.45) is 10.6 Å². The summed E-state index contributed by atoms with van der Waals surface area (Å²) in [4.78, 5) is 74.3. The number of likely N-dealkylation sites (tertiary alicyclic amines) is 1. The highest BCUT2D eigenvalue weighted by Gasteiger charge is 2.55. The van der Waals surface area contributed by atoms with Gasteiger partial charge in [0.15, 0.2) is 5.60 Å². The minimum Gasteiger partial charge on any atom is -0.390 e. The first kappa shape index (κ1) is 35.3. The van der Waals surface area contributed by atoms with Crippen molar-refractivity contribution in [1.82, 2.24) is 20.9 Å². The number of nitrogens with one attached hydrogen (secondary N) is 3. The van der Waals surface area contributed by atoms with Crippen molar-refractivity contribution in [1.29, 1.82) is 0 Å². The summed E-state index contributed by atoms with van der Waals surface area (Å²) in [6, 6.07) is 3.90. The average molecular weight is 660 g/mol. The maximum atomic E-state index is 14.4. The zero-order valence-electron chi connectivity index (χ0n) is 27.4. The lowest BCUT2D eigenvalue weighted by atomic mass is 9.85. The molecule has 2 aliphatic heterocycles. The van der Waals surface area contributed by atoms with Gasteiger partial charge >= 0.3 is 0 Å². The Labute approximate surface area is 275 Å². The number of carbonyl (C=O) groups is 5. The molecule has 1 saturated heterocycles. The van der Waals surface area contributed by atoms with E-state index in [1.807, 2.05) is 13.0 Å². The maximum absolute atomic E-state index is 14.4. The Balaban J connectivity index is 1.61. The van der Waals surface area contributed by atoms with Crippen molar-refractivity contribution < 1.29 is 33.9 Å². The fourth-order valence-electron chi connectivity index (χ4n) is 5.84. The first-order valence-electron chi connectivity index (χ1n) is 15.9. The molecule has 1 saturated carbocycles. The molecular weight excluding hydrogens is 614 g/mol. The predicted molar refractivity (Wildman–Crippen MR) is 172 cm³/mol. The van der Waals surface area contributed by atoms with Gasteiger partial charge in [-0.25, -0.2) is 0 Å². The summed E-state index contributed by atoms with van der Waals surface area (Å²) in [6.45, 7) is 10.2. The minimum absolute atomic E-state index is 0.0139. The van der Waals surface area contributed by atoms with Gasteiger partial charge in [0.2, 0.25) is 23.5 Å². The van der Waals surface area contributed by atoms with Crippen LogP contribution in [0.25, 0.3) is 0 Å². The van der Waals surface area contributed by atoms with Crippen molar-refractivity contribution in [3.8, 4) is 0 Å². The number of rotatable bonds is 12. The third kappa shape index (κ3) is 8.85. The molecule has 4 amide bonds. The molecule has 0 radical (unpaired) electrons. The van der Waals surface area contributed by atoms with Gasteiger partial charge in [-0.2, -0.15) is 0 Å². The highest BCUT2D eigenvalue weighted by Crippen LogP contribution is 2.40. The topological polar surface area (TPSA) is 166 Å². The number of benzene rings is 1. The fourth-order valence-corrected chi connectivity index (χ4v) is 6.03. The molecule has 252 valence electrons. The number of Topliss-reactive ketones (excluding diaryl/α,β-unsaturated/α-hetero) is 1. The second kappa shape index (κ2) is 13.7. The number of halogens is 1. The van der Waals surface area contributed by atoms with E-state index in [4.69, 9.17) is 16.4 Å². The third-order valence-electron chi connectivity index (χ3n) is 8.34. The smallest absolute Gasteiger partial charge is 0.289 e. The molecule has 0 aromatic heterocycles. The quantitative estimate of drug-likeness (QED) is 0.250. The van der Waals surface area contributed by atoms with Crippen LogP contribution in [0.2, 0.25) is 5.02 Å². The van der Waals surface area contributed by atoms with Gasteiger partial charge in [0.1, 0.15) is 12.1 Å². The third-order valence-corrected chi connectivity index (χ3v) is 8.58. The molecule has 13 heteroatoms. The largest absolute Gasteiger partial charge is 0.390 e. The van der Waals surface area contributed by atoms with Gasteiger partial charge in [-0.3, -0.25) is 24.0 Å². The number of ketones is 1. The molecule has 4 N–H and O–H groups in total. The second-order valence-electron chi connectivity index (χ2n) is 14.5. The first-order chi connectivity index (χ1) is 21.4. The number of carbonyl (C=O) groups excluding carboxylic acids is 5. The van der Waals surface area contributed by atoms with E-state index in [2.05, 4.69) is 21.1 Å². The van der Waals surface area contributed by atoms with E-state index < -0.39 is 64.2 Å². The second-order valence-corrected chi connectivity index (χ2v) is 14.9. The van der Waals surface area contributed by atoms with E-state index in [1.54, 1.807) is 39.0 Å². The summed E-state index contributed by atoms with van der Waals surface area (Å²) in [5.41, 5.74) is -1.77. The molecule has 1 aromatic carbocycles. The van der Waals surface area contributed by atoms with Gasteiger partial charge in [0.25, 0.3) is 5.91 Å². The van der Waals surface area contributed by atoms with Crippen LogP contribution in [0.1, 0.15) is 92.1 Å². The van der Waals surface area contributed by atoms with Crippen LogP contribution in [-0.2, 0) is 28.8 Å². The van der Waals surface area contributed by atoms with Crippen LogP contribution in [0, 0.1) is 5.41 Å². The normalized spacial score (nSPS) is 22.5. The van der Waals surface area contributed by atoms with Crippen LogP contribution in [0.4, 0.5) is 0 Å². The van der Waals surface area contributed by atoms with Crippen molar-refractivity contribution in [2.75, 3.05) is 6.54 Å². The number of hydrogen-bond acceptors (Lipinski definition) is 8. The summed E-state index contributed by atoms with van der Waals surface area (Å²) >= 11 is 6.21. The molecule has 2 heterocycles. The molecule has 0 unspecified atom stereocenters. The summed E-state index contributed by atoms with van der Waals surface area (Å²) in [6.07, 6.45) is 2.51. The summed E-state index contributed by atoms with van der Waals surface area (Å²) in [5.74, 6) is -3.11. The standard InChI is InChI=1S/C33H46ClN5O7/c1-7-9-22(26(41)29(43)35-21-12-13-21)36-28(42)24-16-33(15-23(38-46-33)19-10-8-11-20(34)14-19)18-39(24)30(44)27(31(2,3)4)37-25(40)17-32(5,6)45/h8,10-11,14,21-22,24,27,45H,7,9,12-13,15-18H2,1-6H3,(H,35,43)(H,36,42)(H,37,40)/t22-,24-,27+,33+/m0/s1. The Morgan fingerprint density at radius 3 is 2.41 bits per heavy atom.